The van der Waals surface area contributed by atoms with Crippen LogP contribution in [-0.4, -0.2) is 38.3 Å². The molecule has 1 fully saturated rings. The highest BCUT2D eigenvalue weighted by atomic mass is 32.2. The van der Waals surface area contributed by atoms with E-state index >= 15 is 0 Å². The Hall–Kier alpha value is -2.25. The van der Waals surface area contributed by atoms with Gasteiger partial charge in [0, 0.05) is 30.9 Å². The molecule has 0 bridgehead atoms. The fourth-order valence-electron chi connectivity index (χ4n) is 2.76. The van der Waals surface area contributed by atoms with Crippen LogP contribution in [0.2, 0.25) is 0 Å². The van der Waals surface area contributed by atoms with Crippen LogP contribution < -0.4 is 9.62 Å². The van der Waals surface area contributed by atoms with E-state index in [0.717, 1.165) is 18.8 Å². The van der Waals surface area contributed by atoms with Gasteiger partial charge in [0.05, 0.1) is 4.90 Å². The highest BCUT2D eigenvalue weighted by molar-refractivity contribution is 7.89. The van der Waals surface area contributed by atoms with Crippen molar-refractivity contribution in [2.45, 2.75) is 24.3 Å². The summed E-state index contributed by atoms with van der Waals surface area (Å²) in [6, 6.07) is 11.5. The smallest absolute Gasteiger partial charge is 0.240 e. The number of sulfonamides is 1. The predicted molar refractivity (Wildman–Crippen MR) is 91.6 cm³/mol. The molecule has 1 N–H and O–H groups in total. The summed E-state index contributed by atoms with van der Waals surface area (Å²) in [4.78, 5) is 17.8. The third-order valence-corrected chi connectivity index (χ3v) is 5.59. The SMILES string of the molecule is CC(=O)c1ccc(S(=O)(=O)NC2CCN(c3ccccn3)C2)cc1. The molecule has 1 aromatic heterocycles. The van der Waals surface area contributed by atoms with E-state index in [2.05, 4.69) is 14.6 Å². The summed E-state index contributed by atoms with van der Waals surface area (Å²) in [7, 11) is -3.60. The maximum absolute atomic E-state index is 12.5. The van der Waals surface area contributed by atoms with E-state index in [1.165, 1.54) is 31.2 Å². The third-order valence-electron chi connectivity index (χ3n) is 4.05. The molecule has 1 saturated heterocycles. The monoisotopic (exact) mass is 345 g/mol. The fraction of sp³-hybridized carbons (Fsp3) is 0.294. The van der Waals surface area contributed by atoms with Crippen molar-refractivity contribution in [3.63, 3.8) is 0 Å². The number of carbonyl (C=O) groups excluding carboxylic acids is 1. The summed E-state index contributed by atoms with van der Waals surface area (Å²) < 4.78 is 27.7. The predicted octanol–water partition coefficient (Wildman–Crippen LogP) is 1.84. The van der Waals surface area contributed by atoms with Crippen molar-refractivity contribution in [3.05, 3.63) is 54.2 Å². The van der Waals surface area contributed by atoms with Gasteiger partial charge >= 0.3 is 0 Å². The summed E-state index contributed by atoms with van der Waals surface area (Å²) >= 11 is 0. The van der Waals surface area contributed by atoms with Gasteiger partial charge in [-0.05, 0) is 37.6 Å². The molecule has 2 heterocycles. The van der Waals surface area contributed by atoms with E-state index in [9.17, 15) is 13.2 Å². The largest absolute Gasteiger partial charge is 0.355 e. The van der Waals surface area contributed by atoms with Crippen molar-refractivity contribution in [2.75, 3.05) is 18.0 Å². The lowest BCUT2D eigenvalue weighted by Crippen LogP contribution is -2.37. The number of hydrogen-bond acceptors (Lipinski definition) is 5. The minimum absolute atomic E-state index is 0.0892. The number of Topliss-reactive ketones (excluding diaryl/α,β-unsaturated/α-hetero) is 1. The number of benzene rings is 1. The van der Waals surface area contributed by atoms with Gasteiger partial charge in [0.15, 0.2) is 5.78 Å². The first kappa shape index (κ1) is 16.6. The van der Waals surface area contributed by atoms with Gasteiger partial charge in [-0.25, -0.2) is 18.1 Å². The van der Waals surface area contributed by atoms with E-state index in [1.54, 1.807) is 6.20 Å². The van der Waals surface area contributed by atoms with Gasteiger partial charge in [-0.1, -0.05) is 18.2 Å². The van der Waals surface area contributed by atoms with Crippen molar-refractivity contribution in [2.24, 2.45) is 0 Å². The highest BCUT2D eigenvalue weighted by Crippen LogP contribution is 2.19. The molecular weight excluding hydrogens is 326 g/mol. The Bertz CT molecular complexity index is 820. The maximum Gasteiger partial charge on any atom is 0.240 e. The van der Waals surface area contributed by atoms with Gasteiger partial charge in [-0.3, -0.25) is 4.79 Å². The van der Waals surface area contributed by atoms with Crippen molar-refractivity contribution >= 4 is 21.6 Å². The molecule has 2 aromatic rings. The van der Waals surface area contributed by atoms with Gasteiger partial charge in [-0.2, -0.15) is 0 Å². The molecule has 0 aliphatic carbocycles. The molecule has 1 aliphatic rings. The Morgan fingerprint density at radius 3 is 2.58 bits per heavy atom. The quantitative estimate of drug-likeness (QED) is 0.837. The van der Waals surface area contributed by atoms with Gasteiger partial charge < -0.3 is 4.90 Å². The maximum atomic E-state index is 12.5. The minimum atomic E-state index is -3.60. The van der Waals surface area contributed by atoms with E-state index in [-0.39, 0.29) is 16.7 Å². The van der Waals surface area contributed by atoms with Crippen molar-refractivity contribution in [1.82, 2.24) is 9.71 Å². The number of hydrogen-bond donors (Lipinski definition) is 1. The molecule has 1 atom stereocenters. The summed E-state index contributed by atoms with van der Waals surface area (Å²) in [6.07, 6.45) is 2.45. The summed E-state index contributed by atoms with van der Waals surface area (Å²) in [5.74, 6) is 0.763. The Kier molecular flexibility index (Phi) is 4.64. The molecule has 1 aliphatic heterocycles. The standard InChI is InChI=1S/C17H19N3O3S/c1-13(21)14-5-7-16(8-6-14)24(22,23)19-15-9-11-20(12-15)17-4-2-3-10-18-17/h2-8,10,15,19H,9,11-12H2,1H3. The van der Waals surface area contributed by atoms with E-state index in [4.69, 9.17) is 0 Å². The normalized spacial score (nSPS) is 17.9. The lowest BCUT2D eigenvalue weighted by atomic mass is 10.2. The molecule has 3 rings (SSSR count). The zero-order valence-electron chi connectivity index (χ0n) is 13.3. The van der Waals surface area contributed by atoms with Crippen LogP contribution in [0.25, 0.3) is 0 Å². The topological polar surface area (TPSA) is 79.4 Å². The molecule has 0 spiro atoms. The second kappa shape index (κ2) is 6.70. The van der Waals surface area contributed by atoms with E-state index in [0.29, 0.717) is 12.1 Å². The summed E-state index contributed by atoms with van der Waals surface area (Å²) in [5, 5.41) is 0. The van der Waals surface area contributed by atoms with Gasteiger partial charge in [0.25, 0.3) is 0 Å². The molecule has 1 unspecified atom stereocenters. The van der Waals surface area contributed by atoms with Crippen LogP contribution in [0.1, 0.15) is 23.7 Å². The van der Waals surface area contributed by atoms with Crippen LogP contribution >= 0.6 is 0 Å². The highest BCUT2D eigenvalue weighted by Gasteiger charge is 2.27. The van der Waals surface area contributed by atoms with Crippen molar-refractivity contribution < 1.29 is 13.2 Å². The number of anilines is 1. The first-order valence-electron chi connectivity index (χ1n) is 7.75. The first-order valence-corrected chi connectivity index (χ1v) is 9.23. The van der Waals surface area contributed by atoms with Crippen LogP contribution in [0.4, 0.5) is 5.82 Å². The number of ketones is 1. The lowest BCUT2D eigenvalue weighted by Gasteiger charge is -2.17. The van der Waals surface area contributed by atoms with Crippen molar-refractivity contribution in [3.8, 4) is 0 Å². The van der Waals surface area contributed by atoms with E-state index in [1.807, 2.05) is 18.2 Å². The number of aromatic nitrogens is 1. The zero-order valence-corrected chi connectivity index (χ0v) is 14.2. The second-order valence-electron chi connectivity index (χ2n) is 5.82. The van der Waals surface area contributed by atoms with Gasteiger partial charge in [-0.15, -0.1) is 0 Å². The fourth-order valence-corrected chi connectivity index (χ4v) is 4.02. The number of nitrogens with one attached hydrogen (secondary N) is 1. The molecule has 0 radical (unpaired) electrons. The van der Waals surface area contributed by atoms with Gasteiger partial charge in [0.2, 0.25) is 10.0 Å². The molecule has 24 heavy (non-hydrogen) atoms. The Morgan fingerprint density at radius 1 is 1.21 bits per heavy atom. The molecule has 1 aromatic carbocycles. The molecule has 0 saturated carbocycles. The molecule has 0 amide bonds. The van der Waals surface area contributed by atoms with Crippen LogP contribution in [0.3, 0.4) is 0 Å². The average Bonchev–Trinajstić information content (AvgIpc) is 3.03. The van der Waals surface area contributed by atoms with Crippen molar-refractivity contribution in [1.29, 1.82) is 0 Å². The summed E-state index contributed by atoms with van der Waals surface area (Å²) in [5.41, 5.74) is 0.496. The molecule has 6 nitrogen and oxygen atoms in total. The lowest BCUT2D eigenvalue weighted by molar-refractivity contribution is 0.101. The average molecular weight is 345 g/mol. The van der Waals surface area contributed by atoms with Crippen LogP contribution in [-0.2, 0) is 10.0 Å². The molecule has 126 valence electrons. The zero-order chi connectivity index (χ0) is 17.2. The van der Waals surface area contributed by atoms with Crippen LogP contribution in [0.5, 0.6) is 0 Å². The molecular formula is C17H19N3O3S. The third kappa shape index (κ3) is 3.63. The Balaban J connectivity index is 1.68. The number of nitrogens with zero attached hydrogens (tertiary/aromatic N) is 2. The molecule has 7 heteroatoms. The summed E-state index contributed by atoms with van der Waals surface area (Å²) in [6.45, 7) is 2.79. The van der Waals surface area contributed by atoms with E-state index < -0.39 is 10.0 Å². The van der Waals surface area contributed by atoms with Gasteiger partial charge in [0.1, 0.15) is 5.82 Å². The number of pyridine rings is 1. The Labute approximate surface area is 141 Å². The van der Waals surface area contributed by atoms with Crippen LogP contribution in [0.15, 0.2) is 53.6 Å². The van der Waals surface area contributed by atoms with Crippen LogP contribution in [0, 0.1) is 0 Å². The number of carbonyl (C=O) groups is 1. The second-order valence-corrected chi connectivity index (χ2v) is 7.54. The number of rotatable bonds is 5. The minimum Gasteiger partial charge on any atom is -0.355 e. The Morgan fingerprint density at radius 2 is 1.96 bits per heavy atom. The first-order chi connectivity index (χ1) is 11.5.